The molecule has 1 aromatic carbocycles. The van der Waals surface area contributed by atoms with E-state index in [1.165, 1.54) is 12.1 Å². The number of aliphatic hydroxyl groups excluding tert-OH is 1. The quantitative estimate of drug-likeness (QED) is 0.847. The molecule has 2 heterocycles. The van der Waals surface area contributed by atoms with Crippen LogP contribution in [0.1, 0.15) is 67.3 Å². The van der Waals surface area contributed by atoms with Gasteiger partial charge in [-0.3, -0.25) is 9.59 Å². The zero-order valence-corrected chi connectivity index (χ0v) is 16.5. The highest BCUT2D eigenvalue weighted by atomic mass is 19.1. The molecule has 1 N–H and O–H groups in total. The van der Waals surface area contributed by atoms with Crippen molar-refractivity contribution in [2.75, 3.05) is 13.1 Å². The van der Waals surface area contributed by atoms with Crippen molar-refractivity contribution in [3.63, 3.8) is 0 Å². The molecule has 1 atom stereocenters. The van der Waals surface area contributed by atoms with Gasteiger partial charge < -0.3 is 14.9 Å². The van der Waals surface area contributed by atoms with E-state index >= 15 is 0 Å². The van der Waals surface area contributed by atoms with Crippen LogP contribution >= 0.6 is 0 Å². The molecule has 0 radical (unpaired) electrons. The van der Waals surface area contributed by atoms with E-state index < -0.39 is 5.54 Å². The number of rotatable bonds is 2. The van der Waals surface area contributed by atoms with Crippen LogP contribution in [0.25, 0.3) is 0 Å². The van der Waals surface area contributed by atoms with Crippen molar-refractivity contribution in [1.82, 2.24) is 9.80 Å². The molecule has 0 bridgehead atoms. The highest BCUT2D eigenvalue weighted by Gasteiger charge is 2.53. The first kappa shape index (κ1) is 19.4. The Balaban J connectivity index is 1.58. The number of hydrogen-bond acceptors (Lipinski definition) is 3. The minimum absolute atomic E-state index is 0.0739. The fraction of sp³-hybridized carbons (Fsp3) is 0.636. The maximum absolute atomic E-state index is 13.6. The first-order valence-corrected chi connectivity index (χ1v) is 10.5. The number of hydrogen-bond donors (Lipinski definition) is 1. The summed E-state index contributed by atoms with van der Waals surface area (Å²) in [6.45, 7) is 2.95. The Morgan fingerprint density at radius 2 is 1.82 bits per heavy atom. The van der Waals surface area contributed by atoms with Gasteiger partial charge in [0.2, 0.25) is 5.91 Å². The zero-order chi connectivity index (χ0) is 19.9. The minimum Gasteiger partial charge on any atom is -0.393 e. The summed E-state index contributed by atoms with van der Waals surface area (Å²) >= 11 is 0. The SMILES string of the molecule is Cc1cc(C(=O)N2CCCC23CCCN(C2CCC(O)CC2)C3=O)ccc1F. The predicted molar refractivity (Wildman–Crippen MR) is 103 cm³/mol. The van der Waals surface area contributed by atoms with Gasteiger partial charge in [0, 0.05) is 24.7 Å². The van der Waals surface area contributed by atoms with E-state index in [1.807, 2.05) is 4.90 Å². The summed E-state index contributed by atoms with van der Waals surface area (Å²) in [5.41, 5.74) is 0.135. The third-order valence-electron chi connectivity index (χ3n) is 6.89. The first-order chi connectivity index (χ1) is 13.4. The summed E-state index contributed by atoms with van der Waals surface area (Å²) in [5, 5.41) is 9.80. The average molecular weight is 388 g/mol. The number of carbonyl (C=O) groups excluding carboxylic acids is 2. The molecule has 0 aromatic heterocycles. The standard InChI is InChI=1S/C22H29FN2O3/c1-15-14-16(4-9-19(15)23)20(27)25-13-3-11-22(25)10-2-12-24(21(22)28)17-5-7-18(26)8-6-17/h4,9,14,17-18,26H,2-3,5-8,10-13H2,1H3. The highest BCUT2D eigenvalue weighted by Crippen LogP contribution is 2.41. The lowest BCUT2D eigenvalue weighted by Crippen LogP contribution is -2.63. The van der Waals surface area contributed by atoms with Crippen molar-refractivity contribution in [2.45, 2.75) is 76.0 Å². The van der Waals surface area contributed by atoms with Crippen LogP contribution in [-0.4, -0.2) is 57.5 Å². The van der Waals surface area contributed by atoms with Crippen molar-refractivity contribution < 1.29 is 19.1 Å². The van der Waals surface area contributed by atoms with Crippen molar-refractivity contribution in [2.24, 2.45) is 0 Å². The average Bonchev–Trinajstić information content (AvgIpc) is 3.11. The summed E-state index contributed by atoms with van der Waals surface area (Å²) in [4.78, 5) is 30.6. The number of likely N-dealkylation sites (tertiary alicyclic amines) is 2. The van der Waals surface area contributed by atoms with E-state index in [-0.39, 0.29) is 29.8 Å². The summed E-state index contributed by atoms with van der Waals surface area (Å²) < 4.78 is 13.6. The molecule has 152 valence electrons. The van der Waals surface area contributed by atoms with Gasteiger partial charge >= 0.3 is 0 Å². The van der Waals surface area contributed by atoms with Crippen LogP contribution in [0.4, 0.5) is 4.39 Å². The van der Waals surface area contributed by atoms with Gasteiger partial charge in [-0.25, -0.2) is 4.39 Å². The normalized spacial score (nSPS) is 30.9. The first-order valence-electron chi connectivity index (χ1n) is 10.5. The maximum atomic E-state index is 13.6. The molecule has 28 heavy (non-hydrogen) atoms. The fourth-order valence-corrected chi connectivity index (χ4v) is 5.33. The molecule has 1 aromatic rings. The number of nitrogens with zero attached hydrogens (tertiary/aromatic N) is 2. The molecule has 3 aliphatic rings. The van der Waals surface area contributed by atoms with Crippen molar-refractivity contribution in [1.29, 1.82) is 0 Å². The number of amides is 2. The number of benzene rings is 1. The van der Waals surface area contributed by atoms with Crippen molar-refractivity contribution in [3.8, 4) is 0 Å². The molecule has 2 saturated heterocycles. The second-order valence-electron chi connectivity index (χ2n) is 8.62. The Morgan fingerprint density at radius 3 is 2.50 bits per heavy atom. The number of halogens is 1. The number of carbonyl (C=O) groups is 2. The van der Waals surface area contributed by atoms with Crippen LogP contribution in [0.3, 0.4) is 0 Å². The fourth-order valence-electron chi connectivity index (χ4n) is 5.33. The molecule has 1 unspecified atom stereocenters. The number of aryl methyl sites for hydroxylation is 1. The molecule has 6 heteroatoms. The van der Waals surface area contributed by atoms with Gasteiger partial charge in [0.25, 0.3) is 5.91 Å². The molecule has 2 amide bonds. The van der Waals surface area contributed by atoms with Gasteiger partial charge in [0.05, 0.1) is 6.10 Å². The van der Waals surface area contributed by atoms with E-state index in [2.05, 4.69) is 0 Å². The van der Waals surface area contributed by atoms with Gasteiger partial charge in [-0.1, -0.05) is 0 Å². The second-order valence-corrected chi connectivity index (χ2v) is 8.62. The Bertz CT molecular complexity index is 775. The Hall–Kier alpha value is -1.95. The van der Waals surface area contributed by atoms with Crippen LogP contribution in [0, 0.1) is 12.7 Å². The lowest BCUT2D eigenvalue weighted by atomic mass is 9.82. The van der Waals surface area contributed by atoms with E-state index in [4.69, 9.17) is 0 Å². The van der Waals surface area contributed by atoms with Crippen LogP contribution in [0.2, 0.25) is 0 Å². The Kier molecular flexibility index (Phi) is 5.17. The molecule has 4 rings (SSSR count). The van der Waals surface area contributed by atoms with E-state index in [0.29, 0.717) is 30.5 Å². The summed E-state index contributed by atoms with van der Waals surface area (Å²) in [6, 6.07) is 4.59. The molecular weight excluding hydrogens is 359 g/mol. The van der Waals surface area contributed by atoms with Crippen LogP contribution in [0.15, 0.2) is 18.2 Å². The van der Waals surface area contributed by atoms with Crippen molar-refractivity contribution >= 4 is 11.8 Å². The predicted octanol–water partition coefficient (Wildman–Crippen LogP) is 3.03. The van der Waals surface area contributed by atoms with Crippen LogP contribution in [0.5, 0.6) is 0 Å². The maximum Gasteiger partial charge on any atom is 0.254 e. The van der Waals surface area contributed by atoms with Gasteiger partial charge in [0.1, 0.15) is 11.4 Å². The lowest BCUT2D eigenvalue weighted by Gasteiger charge is -2.48. The van der Waals surface area contributed by atoms with E-state index in [1.54, 1.807) is 17.9 Å². The van der Waals surface area contributed by atoms with Gasteiger partial charge in [0.15, 0.2) is 0 Å². The monoisotopic (exact) mass is 388 g/mol. The Morgan fingerprint density at radius 1 is 1.14 bits per heavy atom. The second kappa shape index (κ2) is 7.47. The molecule has 2 aliphatic heterocycles. The van der Waals surface area contributed by atoms with Gasteiger partial charge in [-0.2, -0.15) is 0 Å². The van der Waals surface area contributed by atoms with E-state index in [9.17, 15) is 19.1 Å². The molecule has 5 nitrogen and oxygen atoms in total. The smallest absolute Gasteiger partial charge is 0.254 e. The summed E-state index contributed by atoms with van der Waals surface area (Å²) in [5.74, 6) is -0.424. The largest absolute Gasteiger partial charge is 0.393 e. The Labute approximate surface area is 165 Å². The molecule has 1 spiro atoms. The lowest BCUT2D eigenvalue weighted by molar-refractivity contribution is -0.149. The van der Waals surface area contributed by atoms with Gasteiger partial charge in [-0.15, -0.1) is 0 Å². The molecule has 3 fully saturated rings. The molecule has 1 saturated carbocycles. The number of piperidine rings is 1. The molecule has 1 aliphatic carbocycles. The summed E-state index contributed by atoms with van der Waals surface area (Å²) in [6.07, 6.45) is 5.97. The van der Waals surface area contributed by atoms with Crippen molar-refractivity contribution in [3.05, 3.63) is 35.1 Å². The minimum atomic E-state index is -0.756. The molecular formula is C22H29FN2O3. The van der Waals surface area contributed by atoms with Gasteiger partial charge in [-0.05, 0) is 82.1 Å². The summed E-state index contributed by atoms with van der Waals surface area (Å²) in [7, 11) is 0. The third kappa shape index (κ3) is 3.21. The topological polar surface area (TPSA) is 60.9 Å². The third-order valence-corrected chi connectivity index (χ3v) is 6.89. The van der Waals surface area contributed by atoms with E-state index in [0.717, 1.165) is 45.1 Å². The van der Waals surface area contributed by atoms with Crippen LogP contribution < -0.4 is 0 Å². The number of aliphatic hydroxyl groups is 1. The zero-order valence-electron chi connectivity index (χ0n) is 16.5. The van der Waals surface area contributed by atoms with Crippen LogP contribution in [-0.2, 0) is 4.79 Å². The highest BCUT2D eigenvalue weighted by molar-refractivity contribution is 6.00.